The van der Waals surface area contributed by atoms with Crippen LogP contribution in [-0.2, 0) is 10.2 Å². The summed E-state index contributed by atoms with van der Waals surface area (Å²) in [7, 11) is -1.45. The van der Waals surface area contributed by atoms with E-state index in [9.17, 15) is 13.2 Å². The van der Waals surface area contributed by atoms with E-state index in [4.69, 9.17) is 4.52 Å². The van der Waals surface area contributed by atoms with Crippen LogP contribution in [0.15, 0.2) is 10.6 Å². The molecule has 10 heteroatoms. The minimum atomic E-state index is -3.51. The van der Waals surface area contributed by atoms with Gasteiger partial charge >= 0.3 is 0 Å². The number of carbonyl (C=O) groups excluding carboxylic acids is 1. The van der Waals surface area contributed by atoms with Gasteiger partial charge in [-0.25, -0.2) is 0 Å². The number of hydrogen-bond acceptors (Lipinski definition) is 6. The molecule has 30 heavy (non-hydrogen) atoms. The molecule has 4 heterocycles. The molecule has 3 saturated heterocycles. The standard InChI is InChI=1S/C20H31N5O4S/c1-24-8-6-14(7-9-24)23-30(27,28)25-16-4-5-17(25)11-15(10-16)21-20(26)18-12-19(29-22-18)13-2-3-13/h12-17,23H,2-11H2,1H3,(H,21,26)/t15-,16+,17-. The molecule has 1 amide bonds. The quantitative estimate of drug-likeness (QED) is 0.693. The minimum absolute atomic E-state index is 0.0101. The summed E-state index contributed by atoms with van der Waals surface area (Å²) >= 11 is 0. The molecule has 2 bridgehead atoms. The van der Waals surface area contributed by atoms with Gasteiger partial charge in [0.25, 0.3) is 16.1 Å². The van der Waals surface area contributed by atoms with Gasteiger partial charge in [-0.3, -0.25) is 4.79 Å². The summed E-state index contributed by atoms with van der Waals surface area (Å²) in [4.78, 5) is 14.8. The molecule has 0 spiro atoms. The predicted molar refractivity (Wildman–Crippen MR) is 110 cm³/mol. The van der Waals surface area contributed by atoms with Crippen molar-refractivity contribution in [1.82, 2.24) is 24.4 Å². The SMILES string of the molecule is CN1CCC(NS(=O)(=O)N2[C@@H]3CC[C@H]2C[C@@H](NC(=O)c2cc(C4CC4)on2)C3)CC1. The van der Waals surface area contributed by atoms with Crippen LogP contribution in [0.1, 0.15) is 73.5 Å². The van der Waals surface area contributed by atoms with E-state index >= 15 is 0 Å². The number of fused-ring (bicyclic) bond motifs is 2. The molecule has 4 aliphatic rings. The molecule has 0 aromatic carbocycles. The van der Waals surface area contributed by atoms with Crippen molar-refractivity contribution in [2.75, 3.05) is 20.1 Å². The predicted octanol–water partition coefficient (Wildman–Crippen LogP) is 1.21. The first kappa shape index (κ1) is 20.4. The highest BCUT2D eigenvalue weighted by molar-refractivity contribution is 7.87. The largest absolute Gasteiger partial charge is 0.360 e. The van der Waals surface area contributed by atoms with E-state index < -0.39 is 10.2 Å². The van der Waals surface area contributed by atoms with Gasteiger partial charge in [-0.15, -0.1) is 0 Å². The fourth-order valence-electron chi connectivity index (χ4n) is 5.26. The first-order valence-corrected chi connectivity index (χ1v) is 12.6. The molecule has 1 saturated carbocycles. The molecule has 5 rings (SSSR count). The number of nitrogens with one attached hydrogen (secondary N) is 2. The third kappa shape index (κ3) is 4.15. The Morgan fingerprint density at radius 2 is 1.73 bits per heavy atom. The van der Waals surface area contributed by atoms with Crippen molar-refractivity contribution in [3.8, 4) is 0 Å². The average Bonchev–Trinajstić information content (AvgIpc) is 3.35. The molecule has 2 N–H and O–H groups in total. The Labute approximate surface area is 177 Å². The van der Waals surface area contributed by atoms with Crippen LogP contribution in [0.5, 0.6) is 0 Å². The van der Waals surface area contributed by atoms with Crippen LogP contribution in [0.3, 0.4) is 0 Å². The lowest BCUT2D eigenvalue weighted by atomic mass is 9.99. The second kappa shape index (κ2) is 7.89. The molecule has 3 atom stereocenters. The Morgan fingerprint density at radius 3 is 2.37 bits per heavy atom. The molecule has 0 radical (unpaired) electrons. The highest BCUT2D eigenvalue weighted by Gasteiger charge is 2.47. The van der Waals surface area contributed by atoms with Gasteiger partial charge < -0.3 is 14.7 Å². The fourth-order valence-corrected chi connectivity index (χ4v) is 7.20. The summed E-state index contributed by atoms with van der Waals surface area (Å²) in [5.74, 6) is 0.984. The van der Waals surface area contributed by atoms with Gasteiger partial charge in [0, 0.05) is 36.2 Å². The average molecular weight is 438 g/mol. The molecule has 1 aromatic rings. The third-order valence-electron chi connectivity index (χ3n) is 7.05. The lowest BCUT2D eigenvalue weighted by Crippen LogP contribution is -2.57. The smallest absolute Gasteiger partial charge is 0.280 e. The van der Waals surface area contributed by atoms with E-state index in [2.05, 4.69) is 27.1 Å². The van der Waals surface area contributed by atoms with Crippen LogP contribution >= 0.6 is 0 Å². The Bertz CT molecular complexity index is 877. The normalized spacial score (nSPS) is 31.2. The summed E-state index contributed by atoms with van der Waals surface area (Å²) in [5.41, 5.74) is 0.322. The molecule has 0 unspecified atom stereocenters. The zero-order valence-electron chi connectivity index (χ0n) is 17.4. The second-order valence-corrected chi connectivity index (χ2v) is 11.1. The van der Waals surface area contributed by atoms with Crippen LogP contribution < -0.4 is 10.0 Å². The zero-order valence-corrected chi connectivity index (χ0v) is 18.2. The zero-order chi connectivity index (χ0) is 20.9. The van der Waals surface area contributed by atoms with Crippen molar-refractivity contribution in [1.29, 1.82) is 0 Å². The molecular weight excluding hydrogens is 406 g/mol. The molecule has 1 aromatic heterocycles. The van der Waals surface area contributed by atoms with Crippen LogP contribution in [0.4, 0.5) is 0 Å². The summed E-state index contributed by atoms with van der Waals surface area (Å²) in [5, 5.41) is 6.97. The Kier molecular flexibility index (Phi) is 5.37. The van der Waals surface area contributed by atoms with Crippen molar-refractivity contribution in [3.63, 3.8) is 0 Å². The summed E-state index contributed by atoms with van der Waals surface area (Å²) < 4.78 is 36.1. The number of piperidine rings is 2. The van der Waals surface area contributed by atoms with Crippen molar-refractivity contribution in [2.24, 2.45) is 0 Å². The summed E-state index contributed by atoms with van der Waals surface area (Å²) in [6.07, 6.45) is 6.86. The van der Waals surface area contributed by atoms with Crippen LogP contribution in [-0.4, -0.2) is 73.0 Å². The van der Waals surface area contributed by atoms with Crippen molar-refractivity contribution in [2.45, 2.75) is 81.5 Å². The molecule has 3 aliphatic heterocycles. The Hall–Kier alpha value is -1.49. The number of amides is 1. The van der Waals surface area contributed by atoms with Gasteiger partial charge in [-0.2, -0.15) is 17.4 Å². The number of rotatable bonds is 6. The molecule has 4 fully saturated rings. The number of nitrogens with zero attached hydrogens (tertiary/aromatic N) is 3. The second-order valence-electron chi connectivity index (χ2n) is 9.45. The lowest BCUT2D eigenvalue weighted by molar-refractivity contribution is 0.0899. The maximum Gasteiger partial charge on any atom is 0.280 e. The summed E-state index contributed by atoms with van der Waals surface area (Å²) in [6, 6.07) is 1.60. The van der Waals surface area contributed by atoms with Gasteiger partial charge in [0.1, 0.15) is 5.76 Å². The first-order valence-electron chi connectivity index (χ1n) is 11.2. The van der Waals surface area contributed by atoms with E-state index in [1.165, 1.54) is 0 Å². The number of carbonyl (C=O) groups is 1. The van der Waals surface area contributed by atoms with Crippen LogP contribution in [0.25, 0.3) is 0 Å². The van der Waals surface area contributed by atoms with E-state index in [1.807, 2.05) is 0 Å². The highest BCUT2D eigenvalue weighted by atomic mass is 32.2. The lowest BCUT2D eigenvalue weighted by Gasteiger charge is -2.39. The minimum Gasteiger partial charge on any atom is -0.360 e. The van der Waals surface area contributed by atoms with Crippen molar-refractivity contribution in [3.05, 3.63) is 17.5 Å². The van der Waals surface area contributed by atoms with Gasteiger partial charge in [-0.1, -0.05) is 5.16 Å². The molecular formula is C20H31N5O4S. The van der Waals surface area contributed by atoms with Gasteiger partial charge in [0.05, 0.1) is 0 Å². The topological polar surface area (TPSA) is 108 Å². The number of aromatic nitrogens is 1. The third-order valence-corrected chi connectivity index (χ3v) is 8.84. The van der Waals surface area contributed by atoms with E-state index in [0.29, 0.717) is 24.5 Å². The van der Waals surface area contributed by atoms with E-state index in [1.54, 1.807) is 10.4 Å². The van der Waals surface area contributed by atoms with Gasteiger partial charge in [0.15, 0.2) is 5.69 Å². The molecule has 9 nitrogen and oxygen atoms in total. The molecule has 1 aliphatic carbocycles. The maximum absolute atomic E-state index is 13.1. The van der Waals surface area contributed by atoms with Gasteiger partial charge in [-0.05, 0) is 71.5 Å². The molecule has 166 valence electrons. The number of likely N-dealkylation sites (tertiary alicyclic amines) is 1. The van der Waals surface area contributed by atoms with Crippen molar-refractivity contribution >= 4 is 16.1 Å². The van der Waals surface area contributed by atoms with Crippen LogP contribution in [0, 0.1) is 0 Å². The van der Waals surface area contributed by atoms with Crippen molar-refractivity contribution < 1.29 is 17.7 Å². The monoisotopic (exact) mass is 437 g/mol. The number of hydrogen-bond donors (Lipinski definition) is 2. The van der Waals surface area contributed by atoms with E-state index in [-0.39, 0.29) is 30.1 Å². The maximum atomic E-state index is 13.1. The Morgan fingerprint density at radius 1 is 1.07 bits per heavy atom. The van der Waals surface area contributed by atoms with E-state index in [0.717, 1.165) is 57.4 Å². The fraction of sp³-hybridized carbons (Fsp3) is 0.800. The first-order chi connectivity index (χ1) is 14.4. The summed E-state index contributed by atoms with van der Waals surface area (Å²) in [6.45, 7) is 1.83. The highest BCUT2D eigenvalue weighted by Crippen LogP contribution is 2.40. The Balaban J connectivity index is 1.19. The van der Waals surface area contributed by atoms with Crippen LogP contribution in [0.2, 0.25) is 0 Å². The van der Waals surface area contributed by atoms with Gasteiger partial charge in [0.2, 0.25) is 0 Å².